The van der Waals surface area contributed by atoms with E-state index in [1.165, 1.54) is 91.4 Å². The fourth-order valence-electron chi connectivity index (χ4n) is 8.70. The minimum Gasteiger partial charge on any atom is -0.497 e. The van der Waals surface area contributed by atoms with Crippen molar-refractivity contribution in [2.45, 2.75) is 56.5 Å². The van der Waals surface area contributed by atoms with E-state index < -0.39 is 56.6 Å². The summed E-state index contributed by atoms with van der Waals surface area (Å²) in [5.41, 5.74) is -1.16. The number of benzene rings is 5. The van der Waals surface area contributed by atoms with Crippen molar-refractivity contribution < 1.29 is 23.1 Å². The van der Waals surface area contributed by atoms with Crippen LogP contribution in [0.3, 0.4) is 0 Å². The molecule has 0 saturated heterocycles. The second-order valence-electron chi connectivity index (χ2n) is 17.8. The number of fused-ring (bicyclic) bond motifs is 2. The van der Waals surface area contributed by atoms with E-state index in [-0.39, 0.29) is 96.6 Å². The van der Waals surface area contributed by atoms with E-state index in [0.717, 1.165) is 4.57 Å². The highest BCUT2D eigenvalue weighted by Crippen LogP contribution is 2.30. The molecule has 84 heavy (non-hydrogen) atoms. The lowest BCUT2D eigenvalue weighted by atomic mass is 10.1. The van der Waals surface area contributed by atoms with Crippen molar-refractivity contribution >= 4 is 155 Å². The summed E-state index contributed by atoms with van der Waals surface area (Å²) in [4.78, 5) is 107. The van der Waals surface area contributed by atoms with E-state index in [2.05, 4.69) is 26.3 Å². The summed E-state index contributed by atoms with van der Waals surface area (Å²) in [6.07, 6.45) is 0. The second-order valence-corrected chi connectivity index (χ2v) is 26.7. The van der Waals surface area contributed by atoms with Gasteiger partial charge in [-0.05, 0) is 150 Å². The van der Waals surface area contributed by atoms with Crippen molar-refractivity contribution in [1.29, 1.82) is 0 Å². The van der Waals surface area contributed by atoms with Crippen LogP contribution < -0.4 is 59.6 Å². The van der Waals surface area contributed by atoms with Gasteiger partial charge in [-0.3, -0.25) is 56.6 Å². The van der Waals surface area contributed by atoms with Gasteiger partial charge in [0.25, 0.3) is 22.2 Å². The van der Waals surface area contributed by atoms with Crippen LogP contribution in [0.25, 0.3) is 33.2 Å². The number of methoxy groups -OCH3 is 1. The summed E-state index contributed by atoms with van der Waals surface area (Å²) in [5, 5.41) is 11.1. The molecule has 0 aliphatic heterocycles. The number of ether oxygens (including phenoxy) is 1. The zero-order valence-electron chi connectivity index (χ0n) is 43.7. The number of nitrogens with one attached hydrogen (secondary N) is 5. The smallest absolute Gasteiger partial charge is 0.497 e. The molecule has 19 nitrogen and oxygen atoms in total. The van der Waals surface area contributed by atoms with E-state index in [4.69, 9.17) is 34.9 Å². The molecule has 442 valence electrons. The number of nitrogens with zero attached hydrogens (tertiary/aromatic N) is 5. The SMILES string of the molecule is C.C.C.CC(=O)Nc1cccc(-n2c(=O)[nH]c(=O)c3c(Nc4ccc(I)cc4F)n(C)c(=O)c(C)c32)c1.COc1ccc(Cn2c(=O)c3c(Nc4ccc(I)cc4F)n(C)c(=O)c(C)c3n(-c3cccc(NC(C)=O)c3)c2=O)cc1.[Cl][Al]([Cl])[Cl]. The zero-order valence-corrected chi connectivity index (χ0v) is 51.5. The quantitative estimate of drug-likeness (QED) is 0.0603. The zero-order chi connectivity index (χ0) is 59.3. The fraction of sp³-hybridized carbons (Fsp3) is 0.193. The number of hydrogen-bond donors (Lipinski definition) is 5. The third kappa shape index (κ3) is 15.4. The Labute approximate surface area is 524 Å². The largest absolute Gasteiger partial charge is 0.643 e. The number of aromatic nitrogens is 6. The lowest BCUT2D eigenvalue weighted by Crippen LogP contribution is -2.41. The number of carbonyl (C=O) groups excluding carboxylic acids is 2. The highest BCUT2D eigenvalue weighted by atomic mass is 127. The predicted octanol–water partition coefficient (Wildman–Crippen LogP) is 11.4. The van der Waals surface area contributed by atoms with Crippen LogP contribution in [0.15, 0.2) is 138 Å². The third-order valence-electron chi connectivity index (χ3n) is 12.3. The van der Waals surface area contributed by atoms with E-state index in [1.54, 1.807) is 84.9 Å². The molecule has 0 saturated carbocycles. The molecule has 4 aromatic heterocycles. The van der Waals surface area contributed by atoms with Crippen LogP contribution in [0.2, 0.25) is 0 Å². The minimum atomic E-state index is -1.72. The number of amides is 2. The van der Waals surface area contributed by atoms with Gasteiger partial charge < -0.3 is 26.0 Å². The van der Waals surface area contributed by atoms with E-state index >= 15 is 0 Å². The molecule has 9 rings (SSSR count). The third-order valence-corrected chi connectivity index (χ3v) is 13.6. The summed E-state index contributed by atoms with van der Waals surface area (Å²) in [7, 11) is 19.3. The highest BCUT2D eigenvalue weighted by molar-refractivity contribution is 14.1. The summed E-state index contributed by atoms with van der Waals surface area (Å²) in [6.45, 7) is 5.65. The first kappa shape index (κ1) is 69.4. The minimum absolute atomic E-state index is 0. The highest BCUT2D eigenvalue weighted by Gasteiger charge is 2.25. The van der Waals surface area contributed by atoms with E-state index in [0.29, 0.717) is 41.2 Å². The Morgan fingerprint density at radius 2 is 1.05 bits per heavy atom. The van der Waals surface area contributed by atoms with Crippen LogP contribution in [0.4, 0.5) is 43.2 Å². The van der Waals surface area contributed by atoms with Gasteiger partial charge in [0, 0.05) is 57.6 Å². The number of hydrogen-bond acceptors (Lipinski definition) is 11. The summed E-state index contributed by atoms with van der Waals surface area (Å²) < 4.78 is 42.1. The normalized spacial score (nSPS) is 10.4. The Bertz CT molecular complexity index is 4360. The molecule has 27 heteroatoms. The maximum Gasteiger partial charge on any atom is 0.643 e. The molecule has 0 aliphatic rings. The lowest BCUT2D eigenvalue weighted by Gasteiger charge is -2.21. The van der Waals surface area contributed by atoms with Crippen molar-refractivity contribution in [2.24, 2.45) is 14.1 Å². The fourth-order valence-corrected chi connectivity index (χ4v) is 9.60. The molecular formula is C57H58AlCl3F2I2N10O9. The molecule has 0 fully saturated rings. The summed E-state index contributed by atoms with van der Waals surface area (Å²) >= 11 is 2.23. The first-order valence-electron chi connectivity index (χ1n) is 23.8. The number of rotatable bonds is 11. The number of H-pyrrole nitrogens is 1. The summed E-state index contributed by atoms with van der Waals surface area (Å²) in [5.74, 6) is -1.10. The van der Waals surface area contributed by atoms with Gasteiger partial charge in [-0.1, -0.05) is 46.5 Å². The average molecular weight is 1450 g/mol. The Hall–Kier alpha value is -7.06. The van der Waals surface area contributed by atoms with Crippen molar-refractivity contribution in [1.82, 2.24) is 27.8 Å². The van der Waals surface area contributed by atoms with Gasteiger partial charge in [0.15, 0.2) is 0 Å². The summed E-state index contributed by atoms with van der Waals surface area (Å²) in [6, 6.07) is 28.8. The van der Waals surface area contributed by atoms with Crippen LogP contribution in [-0.4, -0.2) is 58.1 Å². The molecule has 2 amide bonds. The predicted molar refractivity (Wildman–Crippen MR) is 353 cm³/mol. The molecular weight excluding hydrogens is 1390 g/mol. The topological polar surface area (TPSA) is 234 Å². The second kappa shape index (κ2) is 29.6. The van der Waals surface area contributed by atoms with Crippen molar-refractivity contribution in [2.75, 3.05) is 28.4 Å². The first-order valence-corrected chi connectivity index (χ1v) is 31.2. The molecule has 0 aliphatic carbocycles. The molecule has 0 spiro atoms. The first-order chi connectivity index (χ1) is 38.3. The van der Waals surface area contributed by atoms with Crippen molar-refractivity contribution in [3.63, 3.8) is 0 Å². The number of anilines is 6. The number of carbonyl (C=O) groups is 2. The lowest BCUT2D eigenvalue weighted by molar-refractivity contribution is -0.115. The number of aromatic amines is 1. The number of aryl methyl sites for hydroxylation is 2. The van der Waals surface area contributed by atoms with Gasteiger partial charge in [-0.2, -0.15) is 0 Å². The van der Waals surface area contributed by atoms with Crippen LogP contribution in [0.5, 0.6) is 5.75 Å². The Morgan fingerprint density at radius 1 is 0.619 bits per heavy atom. The molecule has 0 radical (unpaired) electrons. The molecule has 0 atom stereocenters. The Morgan fingerprint density at radius 3 is 1.48 bits per heavy atom. The molecule has 0 bridgehead atoms. The van der Waals surface area contributed by atoms with Crippen molar-refractivity contribution in [3.8, 4) is 17.1 Å². The molecule has 5 aromatic carbocycles. The number of halogens is 7. The van der Waals surface area contributed by atoms with Gasteiger partial charge in [-0.15, -0.1) is 0 Å². The van der Waals surface area contributed by atoms with Crippen LogP contribution in [0.1, 0.15) is 52.8 Å². The monoisotopic (exact) mass is 1450 g/mol. The maximum absolute atomic E-state index is 15.0. The molecule has 5 N–H and O–H groups in total. The van der Waals surface area contributed by atoms with E-state index in [9.17, 15) is 47.1 Å². The van der Waals surface area contributed by atoms with Crippen molar-refractivity contribution in [3.05, 3.63) is 207 Å². The molecule has 9 aromatic rings. The van der Waals surface area contributed by atoms with Gasteiger partial charge >= 0.3 is 22.8 Å². The van der Waals surface area contributed by atoms with E-state index in [1.807, 2.05) is 45.2 Å². The molecule has 0 unspecified atom stereocenters. The Kier molecular flexibility index (Phi) is 24.5. The van der Waals surface area contributed by atoms with Crippen LogP contribution in [0, 0.1) is 32.6 Å². The van der Waals surface area contributed by atoms with Gasteiger partial charge in [0.05, 0.1) is 47.4 Å². The van der Waals surface area contributed by atoms with Crippen LogP contribution in [-0.2, 0) is 30.2 Å². The van der Waals surface area contributed by atoms with Gasteiger partial charge in [0.2, 0.25) is 11.8 Å². The van der Waals surface area contributed by atoms with Crippen LogP contribution >= 0.6 is 75.3 Å². The van der Waals surface area contributed by atoms with Gasteiger partial charge in [0.1, 0.15) is 39.8 Å². The maximum atomic E-state index is 15.0. The Balaban J connectivity index is 0.000000335. The average Bonchev–Trinajstić information content (AvgIpc) is 1.47. The standard InChI is InChI=1S/C31H27FIN5O5.C23H19FIN5O4.3CH4.Al.3ClH/c1-17-27-26(28(36(3)29(17)40)35-25-13-10-20(33)14-24(25)32)30(41)37(16-19-8-11-23(43-4)12-9-19)31(42)38(27)22-7-5-6-21(15-22)34-18(2)39;1-11-19-18(20(29(3)22(11)33)27-17-8-7-13(25)9-16(17)24)21(32)28-23(34)30(19)15-6-4-5-14(10-15)26-12(2)31;;;;;;;/h5-15,35H,16H2,1-4H3,(H,34,39);4-10,27H,1-3H3,(H,26,31)(H,28,32,34);3*1H4;;3*1H/q;;;;;+3;;;/p-3. The van der Waals surface area contributed by atoms with Gasteiger partial charge in [-0.25, -0.2) is 48.5 Å². The number of pyridine rings is 2. The molecule has 4 heterocycles.